The van der Waals surface area contributed by atoms with E-state index in [-0.39, 0.29) is 33.0 Å². The number of carbonyl (C=O) groups is 2. The molecule has 1 atom stereocenters. The topological polar surface area (TPSA) is 127 Å². The lowest BCUT2D eigenvalue weighted by Gasteiger charge is -2.25. The summed E-state index contributed by atoms with van der Waals surface area (Å²) in [5.41, 5.74) is 1.18. The molecule has 0 radical (unpaired) electrons. The Labute approximate surface area is 168 Å². The summed E-state index contributed by atoms with van der Waals surface area (Å²) in [5, 5.41) is 10.8. The predicted octanol–water partition coefficient (Wildman–Crippen LogP) is 2.52. The first kappa shape index (κ1) is 22.7. The number of benzene rings is 2. The highest BCUT2D eigenvalue weighted by atomic mass is 35.5. The normalized spacial score (nSPS) is 14.1. The number of hydrogen-bond donors (Lipinski definition) is 3. The minimum Gasteiger partial charge on any atom is -0.373 e. The van der Waals surface area contributed by atoms with Crippen LogP contribution in [0.5, 0.6) is 0 Å². The lowest BCUT2D eigenvalue weighted by Crippen LogP contribution is -2.52. The van der Waals surface area contributed by atoms with Crippen molar-refractivity contribution in [2.24, 2.45) is 5.73 Å². The second-order valence-corrected chi connectivity index (χ2v) is 8.41. The predicted molar refractivity (Wildman–Crippen MR) is 97.2 cm³/mol. The molecule has 1 unspecified atom stereocenters. The molecule has 0 spiro atoms. The number of nitrogens with one attached hydrogen (secondary N) is 1. The van der Waals surface area contributed by atoms with Gasteiger partial charge in [0.2, 0.25) is 21.3 Å². The molecule has 0 aromatic heterocycles. The standard InChI is InChI=1S/C17H14ClF3N2O5S/c1-16(26,17(19,20)21)15(25)23-13-7-6-11(8-12(13)18)29(27,28)10-4-2-9(3-5-10)14(22)24/h2-8,26H,1H3,(H2,22,24)(H,23,25). The molecular formula is C17H14ClF3N2O5S. The maximum Gasteiger partial charge on any atom is 0.426 e. The average Bonchev–Trinajstić information content (AvgIpc) is 2.62. The number of rotatable bonds is 5. The highest BCUT2D eigenvalue weighted by Gasteiger charge is 2.55. The van der Waals surface area contributed by atoms with Crippen LogP contribution < -0.4 is 11.1 Å². The zero-order chi connectivity index (χ0) is 22.2. The van der Waals surface area contributed by atoms with E-state index in [0.29, 0.717) is 0 Å². The summed E-state index contributed by atoms with van der Waals surface area (Å²) in [5.74, 6) is -2.53. The van der Waals surface area contributed by atoms with E-state index in [4.69, 9.17) is 17.3 Å². The minimum absolute atomic E-state index is 0.0942. The molecule has 0 aliphatic rings. The molecule has 12 heteroatoms. The van der Waals surface area contributed by atoms with Gasteiger partial charge in [-0.15, -0.1) is 0 Å². The number of nitrogens with two attached hydrogens (primary N) is 1. The molecule has 0 aliphatic carbocycles. The smallest absolute Gasteiger partial charge is 0.373 e. The molecule has 2 aromatic rings. The number of sulfone groups is 1. The molecule has 2 amide bonds. The second kappa shape index (κ2) is 7.65. The Balaban J connectivity index is 2.33. The van der Waals surface area contributed by atoms with Crippen LogP contribution in [0.25, 0.3) is 0 Å². The van der Waals surface area contributed by atoms with Gasteiger partial charge in [-0.25, -0.2) is 8.42 Å². The van der Waals surface area contributed by atoms with Gasteiger partial charge in [0.1, 0.15) is 0 Å². The summed E-state index contributed by atoms with van der Waals surface area (Å²) in [7, 11) is -4.08. The van der Waals surface area contributed by atoms with Crippen molar-refractivity contribution in [3.63, 3.8) is 0 Å². The minimum atomic E-state index is -5.23. The fraction of sp³-hybridized carbons (Fsp3) is 0.176. The van der Waals surface area contributed by atoms with Crippen molar-refractivity contribution >= 4 is 38.9 Å². The molecule has 0 saturated heterocycles. The van der Waals surface area contributed by atoms with Crippen LogP contribution in [-0.4, -0.2) is 37.1 Å². The molecule has 0 bridgehead atoms. The number of anilines is 1. The molecule has 0 aliphatic heterocycles. The SMILES string of the molecule is CC(O)(C(=O)Nc1ccc(S(=O)(=O)c2ccc(C(N)=O)cc2)cc1Cl)C(F)(F)F. The van der Waals surface area contributed by atoms with E-state index in [1.807, 2.05) is 5.32 Å². The van der Waals surface area contributed by atoms with E-state index in [9.17, 15) is 36.3 Å². The number of primary amides is 1. The van der Waals surface area contributed by atoms with E-state index >= 15 is 0 Å². The van der Waals surface area contributed by atoms with Crippen LogP contribution in [-0.2, 0) is 14.6 Å². The highest BCUT2D eigenvalue weighted by molar-refractivity contribution is 7.91. The summed E-state index contributed by atoms with van der Waals surface area (Å²) >= 11 is 5.89. The molecule has 0 heterocycles. The van der Waals surface area contributed by atoms with Crippen molar-refractivity contribution in [1.29, 1.82) is 0 Å². The van der Waals surface area contributed by atoms with Crippen LogP contribution in [0.4, 0.5) is 18.9 Å². The van der Waals surface area contributed by atoms with Crippen LogP contribution in [0, 0.1) is 0 Å². The quantitative estimate of drug-likeness (QED) is 0.645. The van der Waals surface area contributed by atoms with Gasteiger partial charge >= 0.3 is 6.18 Å². The molecule has 7 nitrogen and oxygen atoms in total. The number of hydrogen-bond acceptors (Lipinski definition) is 5. The van der Waals surface area contributed by atoms with Crippen molar-refractivity contribution in [2.45, 2.75) is 28.5 Å². The average molecular weight is 451 g/mol. The van der Waals surface area contributed by atoms with Crippen LogP contribution in [0.1, 0.15) is 17.3 Å². The number of halogens is 4. The Morgan fingerprint density at radius 3 is 2.03 bits per heavy atom. The summed E-state index contributed by atoms with van der Waals surface area (Å²) in [6, 6.07) is 7.66. The van der Waals surface area contributed by atoms with Gasteiger partial charge in [0.05, 0.1) is 20.5 Å². The molecular weight excluding hydrogens is 437 g/mol. The Hall–Kier alpha value is -2.63. The third-order valence-corrected chi connectivity index (χ3v) is 6.02. The van der Waals surface area contributed by atoms with Gasteiger partial charge in [-0.1, -0.05) is 11.6 Å². The number of amides is 2. The van der Waals surface area contributed by atoms with E-state index in [0.717, 1.165) is 30.3 Å². The fourth-order valence-electron chi connectivity index (χ4n) is 2.07. The summed E-state index contributed by atoms with van der Waals surface area (Å²) in [4.78, 5) is 22.3. The zero-order valence-corrected chi connectivity index (χ0v) is 16.2. The number of carbonyl (C=O) groups excluding carboxylic acids is 2. The Bertz CT molecular complexity index is 1070. The van der Waals surface area contributed by atoms with Crippen molar-refractivity contribution < 1.29 is 36.3 Å². The van der Waals surface area contributed by atoms with Gasteiger partial charge in [-0.05, 0) is 49.4 Å². The molecule has 156 valence electrons. The van der Waals surface area contributed by atoms with Gasteiger partial charge in [-0.2, -0.15) is 13.2 Å². The van der Waals surface area contributed by atoms with Crippen LogP contribution in [0.3, 0.4) is 0 Å². The van der Waals surface area contributed by atoms with E-state index in [2.05, 4.69) is 0 Å². The highest BCUT2D eigenvalue weighted by Crippen LogP contribution is 2.33. The monoisotopic (exact) mass is 450 g/mol. The van der Waals surface area contributed by atoms with Crippen molar-refractivity contribution in [2.75, 3.05) is 5.32 Å². The maximum atomic E-state index is 12.7. The molecule has 2 rings (SSSR count). The first-order valence-electron chi connectivity index (χ1n) is 7.73. The molecule has 0 saturated carbocycles. The van der Waals surface area contributed by atoms with E-state index < -0.39 is 33.4 Å². The zero-order valence-electron chi connectivity index (χ0n) is 14.6. The van der Waals surface area contributed by atoms with Crippen molar-refractivity contribution in [1.82, 2.24) is 0 Å². The summed E-state index contributed by atoms with van der Waals surface area (Å²) in [6.07, 6.45) is -5.23. The first-order chi connectivity index (χ1) is 13.2. The van der Waals surface area contributed by atoms with Gasteiger partial charge in [0.25, 0.3) is 5.91 Å². The van der Waals surface area contributed by atoms with Gasteiger partial charge in [0, 0.05) is 5.56 Å². The van der Waals surface area contributed by atoms with Crippen molar-refractivity contribution in [3.8, 4) is 0 Å². The fourth-order valence-corrected chi connectivity index (χ4v) is 3.65. The second-order valence-electron chi connectivity index (χ2n) is 6.06. The third kappa shape index (κ3) is 4.52. The van der Waals surface area contributed by atoms with E-state index in [1.165, 1.54) is 12.1 Å². The summed E-state index contributed by atoms with van der Waals surface area (Å²) < 4.78 is 63.4. The van der Waals surface area contributed by atoms with Gasteiger partial charge in [-0.3, -0.25) is 9.59 Å². The molecule has 0 fully saturated rings. The Kier molecular flexibility index (Phi) is 5.98. The van der Waals surface area contributed by atoms with Gasteiger partial charge < -0.3 is 16.2 Å². The summed E-state index contributed by atoms with van der Waals surface area (Å²) in [6.45, 7) is 0.269. The number of aliphatic hydroxyl groups is 1. The lowest BCUT2D eigenvalue weighted by atomic mass is 10.1. The molecule has 4 N–H and O–H groups in total. The third-order valence-electron chi connectivity index (χ3n) is 3.94. The van der Waals surface area contributed by atoms with Gasteiger partial charge in [0.15, 0.2) is 0 Å². The van der Waals surface area contributed by atoms with Crippen LogP contribution in [0.2, 0.25) is 5.02 Å². The lowest BCUT2D eigenvalue weighted by molar-refractivity contribution is -0.242. The van der Waals surface area contributed by atoms with Crippen LogP contribution in [0.15, 0.2) is 52.3 Å². The van der Waals surface area contributed by atoms with Crippen LogP contribution >= 0.6 is 11.6 Å². The van der Waals surface area contributed by atoms with E-state index in [1.54, 1.807) is 0 Å². The first-order valence-corrected chi connectivity index (χ1v) is 9.59. The maximum absolute atomic E-state index is 12.7. The molecule has 2 aromatic carbocycles. The van der Waals surface area contributed by atoms with Crippen molar-refractivity contribution in [3.05, 3.63) is 53.1 Å². The molecule has 29 heavy (non-hydrogen) atoms. The largest absolute Gasteiger partial charge is 0.426 e. The Morgan fingerprint density at radius 1 is 1.07 bits per heavy atom. The Morgan fingerprint density at radius 2 is 1.59 bits per heavy atom. The number of alkyl halides is 3.